The van der Waals surface area contributed by atoms with Crippen LogP contribution in [0.15, 0.2) is 30.5 Å². The summed E-state index contributed by atoms with van der Waals surface area (Å²) in [5.41, 5.74) is 2.77. The van der Waals surface area contributed by atoms with Crippen molar-refractivity contribution in [2.24, 2.45) is 5.92 Å². The van der Waals surface area contributed by atoms with Crippen LogP contribution in [0, 0.1) is 5.92 Å². The van der Waals surface area contributed by atoms with Crippen molar-refractivity contribution in [2.45, 2.75) is 50.0 Å². The summed E-state index contributed by atoms with van der Waals surface area (Å²) in [6, 6.07) is 8.37. The van der Waals surface area contributed by atoms with Crippen LogP contribution in [0.2, 0.25) is 5.02 Å². The van der Waals surface area contributed by atoms with Crippen molar-refractivity contribution in [2.75, 3.05) is 49.6 Å². The van der Waals surface area contributed by atoms with Gasteiger partial charge < -0.3 is 20.1 Å². The van der Waals surface area contributed by atoms with Gasteiger partial charge in [-0.15, -0.1) is 0 Å². The number of fused-ring (bicyclic) bond motifs is 3. The van der Waals surface area contributed by atoms with Crippen LogP contribution in [-0.2, 0) is 16.6 Å². The molecular weight excluding hydrogens is 464 g/mol. The molecule has 0 atom stereocenters. The van der Waals surface area contributed by atoms with E-state index in [0.29, 0.717) is 30.2 Å². The van der Waals surface area contributed by atoms with Crippen LogP contribution < -0.4 is 15.0 Å². The van der Waals surface area contributed by atoms with Crippen LogP contribution in [-0.4, -0.2) is 66.3 Å². The Hall–Kier alpha value is -2.35. The van der Waals surface area contributed by atoms with Crippen molar-refractivity contribution in [1.29, 1.82) is 0 Å². The minimum Gasteiger partial charge on any atom is -0.491 e. The number of piperidine rings is 1. The third-order valence-corrected chi connectivity index (χ3v) is 8.75. The second kappa shape index (κ2) is 9.26. The van der Waals surface area contributed by atoms with Gasteiger partial charge in [0.25, 0.3) is 0 Å². The molecule has 8 heteroatoms. The first-order chi connectivity index (χ1) is 17.1. The molecule has 1 aliphatic carbocycles. The number of hydrogen-bond acceptors (Lipinski definition) is 6. The highest BCUT2D eigenvalue weighted by Gasteiger charge is 2.48. The Labute approximate surface area is 211 Å². The van der Waals surface area contributed by atoms with Gasteiger partial charge in [-0.25, -0.2) is 4.98 Å². The van der Waals surface area contributed by atoms with Crippen LogP contribution >= 0.6 is 11.6 Å². The van der Waals surface area contributed by atoms with E-state index in [4.69, 9.17) is 21.3 Å². The number of aromatic nitrogens is 1. The Morgan fingerprint density at radius 1 is 1.20 bits per heavy atom. The van der Waals surface area contributed by atoms with E-state index < -0.39 is 5.41 Å². The summed E-state index contributed by atoms with van der Waals surface area (Å²) in [6.45, 7) is 4.49. The number of anilines is 2. The van der Waals surface area contributed by atoms with E-state index >= 15 is 0 Å². The highest BCUT2D eigenvalue weighted by Crippen LogP contribution is 2.45. The number of ether oxygens (including phenoxy) is 1. The van der Waals surface area contributed by atoms with E-state index in [0.717, 1.165) is 87.5 Å². The van der Waals surface area contributed by atoms with Crippen molar-refractivity contribution in [3.8, 4) is 5.75 Å². The van der Waals surface area contributed by atoms with Crippen molar-refractivity contribution < 1.29 is 14.6 Å². The molecule has 2 aromatic rings. The van der Waals surface area contributed by atoms with Gasteiger partial charge in [0.1, 0.15) is 18.2 Å². The SMILES string of the molecule is O=C1Nc2ccc(Cl)cc2C12CCN(CCOc1cnc3c(c1)CCCN3C1CC(CO)C1)CC2. The highest BCUT2D eigenvalue weighted by atomic mass is 35.5. The number of nitrogens with one attached hydrogen (secondary N) is 1. The van der Waals surface area contributed by atoms with Crippen LogP contribution in [0.5, 0.6) is 5.75 Å². The molecule has 1 saturated carbocycles. The zero-order valence-corrected chi connectivity index (χ0v) is 20.8. The fourth-order valence-corrected chi connectivity index (χ4v) is 6.51. The first-order valence-electron chi connectivity index (χ1n) is 12.9. The van der Waals surface area contributed by atoms with E-state index in [2.05, 4.69) is 21.2 Å². The smallest absolute Gasteiger partial charge is 0.235 e. The average molecular weight is 497 g/mol. The standard InChI is InChI=1S/C27H33ClN4O3/c28-20-3-4-24-23(15-20)27(26(34)30-24)5-8-31(9-6-27)10-11-35-22-14-19-2-1-7-32(25(19)29-16-22)21-12-18(13-21)17-33/h3-4,14-16,18,21,33H,1-2,5-13,17H2,(H,30,34). The molecule has 0 radical (unpaired) electrons. The number of pyridine rings is 1. The lowest BCUT2D eigenvalue weighted by atomic mass is 9.73. The number of nitrogens with zero attached hydrogens (tertiary/aromatic N) is 3. The fraction of sp³-hybridized carbons (Fsp3) is 0.556. The fourth-order valence-electron chi connectivity index (χ4n) is 6.34. The van der Waals surface area contributed by atoms with E-state index in [1.54, 1.807) is 0 Å². The summed E-state index contributed by atoms with van der Waals surface area (Å²) in [5.74, 6) is 2.49. The second-order valence-electron chi connectivity index (χ2n) is 10.5. The maximum Gasteiger partial charge on any atom is 0.235 e. The van der Waals surface area contributed by atoms with Crippen LogP contribution in [0.25, 0.3) is 0 Å². The molecule has 0 unspecified atom stereocenters. The number of benzene rings is 1. The average Bonchev–Trinajstić information content (AvgIpc) is 3.10. The molecule has 1 amide bonds. The molecule has 2 N–H and O–H groups in total. The number of rotatable bonds is 6. The van der Waals surface area contributed by atoms with Crippen molar-refractivity contribution >= 4 is 29.0 Å². The number of aliphatic hydroxyl groups is 1. The number of carbonyl (C=O) groups excluding carboxylic acids is 1. The molecule has 4 aliphatic rings. The molecule has 1 saturated heterocycles. The van der Waals surface area contributed by atoms with Crippen LogP contribution in [0.4, 0.5) is 11.5 Å². The summed E-state index contributed by atoms with van der Waals surface area (Å²) in [5, 5.41) is 13.1. The summed E-state index contributed by atoms with van der Waals surface area (Å²) < 4.78 is 6.10. The van der Waals surface area contributed by atoms with Crippen LogP contribution in [0.3, 0.4) is 0 Å². The van der Waals surface area contributed by atoms with E-state index in [1.165, 1.54) is 5.56 Å². The minimum atomic E-state index is -0.455. The van der Waals surface area contributed by atoms with E-state index in [9.17, 15) is 9.90 Å². The maximum atomic E-state index is 12.8. The van der Waals surface area contributed by atoms with Gasteiger partial charge in [-0.05, 0) is 92.9 Å². The summed E-state index contributed by atoms with van der Waals surface area (Å²) in [6.07, 6.45) is 7.74. The monoisotopic (exact) mass is 496 g/mol. The quantitative estimate of drug-likeness (QED) is 0.636. The number of halogens is 1. The third-order valence-electron chi connectivity index (χ3n) is 8.51. The third kappa shape index (κ3) is 4.17. The van der Waals surface area contributed by atoms with Gasteiger partial charge in [0.05, 0.1) is 11.6 Å². The summed E-state index contributed by atoms with van der Waals surface area (Å²) >= 11 is 6.24. The lowest BCUT2D eigenvalue weighted by Gasteiger charge is -2.45. The van der Waals surface area contributed by atoms with Gasteiger partial charge in [0, 0.05) is 36.4 Å². The van der Waals surface area contributed by atoms with Crippen molar-refractivity contribution in [3.05, 3.63) is 46.6 Å². The summed E-state index contributed by atoms with van der Waals surface area (Å²) in [4.78, 5) is 22.4. The molecule has 6 rings (SSSR count). The van der Waals surface area contributed by atoms with Gasteiger partial charge in [-0.1, -0.05) is 11.6 Å². The predicted molar refractivity (Wildman–Crippen MR) is 136 cm³/mol. The lowest BCUT2D eigenvalue weighted by Crippen LogP contribution is -2.48. The lowest BCUT2D eigenvalue weighted by molar-refractivity contribution is -0.122. The minimum absolute atomic E-state index is 0.105. The van der Waals surface area contributed by atoms with Crippen molar-refractivity contribution in [3.63, 3.8) is 0 Å². The zero-order chi connectivity index (χ0) is 24.0. The molecule has 2 fully saturated rings. The van der Waals surface area contributed by atoms with Crippen LogP contribution in [0.1, 0.15) is 43.2 Å². The van der Waals surface area contributed by atoms with E-state index in [1.807, 2.05) is 24.4 Å². The maximum absolute atomic E-state index is 12.8. The number of aliphatic hydroxyl groups excluding tert-OH is 1. The Morgan fingerprint density at radius 2 is 2.03 bits per heavy atom. The first-order valence-corrected chi connectivity index (χ1v) is 13.3. The Morgan fingerprint density at radius 3 is 2.83 bits per heavy atom. The second-order valence-corrected chi connectivity index (χ2v) is 11.0. The van der Waals surface area contributed by atoms with E-state index in [-0.39, 0.29) is 5.91 Å². The molecule has 1 spiro atoms. The highest BCUT2D eigenvalue weighted by molar-refractivity contribution is 6.31. The molecule has 4 heterocycles. The molecule has 7 nitrogen and oxygen atoms in total. The number of amides is 1. The number of likely N-dealkylation sites (tertiary alicyclic amines) is 1. The van der Waals surface area contributed by atoms with Gasteiger partial charge in [-0.2, -0.15) is 0 Å². The molecule has 3 aliphatic heterocycles. The zero-order valence-electron chi connectivity index (χ0n) is 20.0. The van der Waals surface area contributed by atoms with Gasteiger partial charge >= 0.3 is 0 Å². The molecule has 1 aromatic heterocycles. The van der Waals surface area contributed by atoms with Gasteiger partial charge in [-0.3, -0.25) is 9.69 Å². The van der Waals surface area contributed by atoms with Gasteiger partial charge in [0.15, 0.2) is 0 Å². The first kappa shape index (κ1) is 23.1. The normalized spacial score (nSPS) is 25.1. The Kier molecular flexibility index (Phi) is 6.11. The van der Waals surface area contributed by atoms with Gasteiger partial charge in [0.2, 0.25) is 5.91 Å². The molecular formula is C27H33ClN4O3. The number of hydrogen-bond donors (Lipinski definition) is 2. The topological polar surface area (TPSA) is 77.9 Å². The Bertz CT molecular complexity index is 1110. The number of carbonyl (C=O) groups is 1. The Balaban J connectivity index is 1.03. The molecule has 1 aromatic carbocycles. The predicted octanol–water partition coefficient (Wildman–Crippen LogP) is 3.62. The van der Waals surface area contributed by atoms with Crippen molar-refractivity contribution in [1.82, 2.24) is 9.88 Å². The summed E-state index contributed by atoms with van der Waals surface area (Å²) in [7, 11) is 0. The number of aryl methyl sites for hydroxylation is 1. The largest absolute Gasteiger partial charge is 0.491 e. The molecule has 0 bridgehead atoms. The molecule has 35 heavy (non-hydrogen) atoms. The molecule has 186 valence electrons.